The normalized spacial score (nSPS) is 24.9. The highest BCUT2D eigenvalue weighted by Crippen LogP contribution is 2.24. The van der Waals surface area contributed by atoms with Crippen molar-refractivity contribution in [1.29, 1.82) is 0 Å². The Morgan fingerprint density at radius 2 is 2.11 bits per heavy atom. The van der Waals surface area contributed by atoms with Gasteiger partial charge in [-0.05, 0) is 18.0 Å². The summed E-state index contributed by atoms with van der Waals surface area (Å²) < 4.78 is 19.1. The van der Waals surface area contributed by atoms with Gasteiger partial charge in [0, 0.05) is 32.2 Å². The number of aromatic nitrogens is 2. The van der Waals surface area contributed by atoms with Gasteiger partial charge >= 0.3 is 0 Å². The van der Waals surface area contributed by atoms with Gasteiger partial charge in [0.15, 0.2) is 11.6 Å². The maximum Gasteiger partial charge on any atom is 0.224 e. The summed E-state index contributed by atoms with van der Waals surface area (Å²) in [4.78, 5) is 12.0. The van der Waals surface area contributed by atoms with Crippen molar-refractivity contribution in [2.24, 2.45) is 0 Å². The molecule has 0 aliphatic carbocycles. The number of rotatable bonds is 2. The largest absolute Gasteiger partial charge is 0.379 e. The van der Waals surface area contributed by atoms with E-state index in [1.165, 1.54) is 0 Å². The lowest BCUT2D eigenvalue weighted by Gasteiger charge is -2.32. The van der Waals surface area contributed by atoms with Gasteiger partial charge in [-0.2, -0.15) is 4.98 Å². The smallest absolute Gasteiger partial charge is 0.224 e. The molecule has 1 atom stereocenters. The fraction of sp³-hybridized carbons (Fsp3) is 0.667. The summed E-state index contributed by atoms with van der Waals surface area (Å²) in [7, 11) is 0. The lowest BCUT2D eigenvalue weighted by molar-refractivity contribution is 0.0209. The van der Waals surface area contributed by atoms with Crippen LogP contribution in [0.5, 0.6) is 0 Å². The molecule has 19 heavy (non-hydrogen) atoms. The maximum absolute atomic E-state index is 13.7. The van der Waals surface area contributed by atoms with Gasteiger partial charge in [0.1, 0.15) is 0 Å². The van der Waals surface area contributed by atoms with Crippen molar-refractivity contribution in [2.45, 2.75) is 12.5 Å². The molecule has 0 aromatic carbocycles. The van der Waals surface area contributed by atoms with Crippen LogP contribution in [0.2, 0.25) is 5.28 Å². The van der Waals surface area contributed by atoms with E-state index in [2.05, 4.69) is 14.9 Å². The molecule has 1 aromatic rings. The van der Waals surface area contributed by atoms with Crippen LogP contribution in [0.4, 0.5) is 10.2 Å². The highest BCUT2D eigenvalue weighted by molar-refractivity contribution is 6.28. The van der Waals surface area contributed by atoms with Gasteiger partial charge in [0.2, 0.25) is 5.28 Å². The summed E-state index contributed by atoms with van der Waals surface area (Å²) in [5.74, 6) is -0.0946. The van der Waals surface area contributed by atoms with Crippen molar-refractivity contribution in [2.75, 3.05) is 44.3 Å². The van der Waals surface area contributed by atoms with E-state index in [-0.39, 0.29) is 5.28 Å². The number of ether oxygens (including phenoxy) is 1. The second kappa shape index (κ2) is 5.56. The zero-order valence-corrected chi connectivity index (χ0v) is 11.3. The molecule has 104 valence electrons. The molecule has 2 aliphatic rings. The third kappa shape index (κ3) is 2.80. The van der Waals surface area contributed by atoms with E-state index in [1.54, 1.807) is 0 Å². The minimum absolute atomic E-state index is 0.0891. The molecule has 1 unspecified atom stereocenters. The molecule has 0 radical (unpaired) electrons. The Balaban J connectivity index is 1.69. The van der Waals surface area contributed by atoms with E-state index in [0.29, 0.717) is 11.9 Å². The first kappa shape index (κ1) is 13.0. The molecule has 7 heteroatoms. The molecule has 2 saturated heterocycles. The van der Waals surface area contributed by atoms with Gasteiger partial charge in [-0.1, -0.05) is 0 Å². The second-order valence-corrected chi connectivity index (χ2v) is 5.19. The Morgan fingerprint density at radius 1 is 1.32 bits per heavy atom. The van der Waals surface area contributed by atoms with E-state index in [0.717, 1.165) is 52.0 Å². The first-order valence-electron chi connectivity index (χ1n) is 6.49. The van der Waals surface area contributed by atoms with Crippen molar-refractivity contribution in [3.8, 4) is 0 Å². The lowest BCUT2D eigenvalue weighted by Crippen LogP contribution is -2.44. The Morgan fingerprint density at radius 3 is 2.89 bits per heavy atom. The highest BCUT2D eigenvalue weighted by Gasteiger charge is 2.30. The quantitative estimate of drug-likeness (QED) is 0.764. The number of nitrogens with zero attached hydrogens (tertiary/aromatic N) is 4. The summed E-state index contributed by atoms with van der Waals surface area (Å²) >= 11 is 5.74. The van der Waals surface area contributed by atoms with Crippen LogP contribution in [-0.4, -0.2) is 60.3 Å². The Labute approximate surface area is 116 Å². The number of hydrogen-bond donors (Lipinski definition) is 0. The fourth-order valence-electron chi connectivity index (χ4n) is 2.73. The fourth-order valence-corrected chi connectivity index (χ4v) is 2.86. The average molecular weight is 287 g/mol. The number of anilines is 1. The van der Waals surface area contributed by atoms with Crippen LogP contribution < -0.4 is 4.90 Å². The molecule has 3 heterocycles. The summed E-state index contributed by atoms with van der Waals surface area (Å²) in [5.41, 5.74) is 0. The molecule has 0 amide bonds. The Bertz CT molecular complexity index is 455. The van der Waals surface area contributed by atoms with Crippen LogP contribution in [0, 0.1) is 5.82 Å². The summed E-state index contributed by atoms with van der Waals surface area (Å²) in [6.07, 6.45) is 2.15. The summed E-state index contributed by atoms with van der Waals surface area (Å²) in [5, 5.41) is 0.0891. The minimum atomic E-state index is -0.410. The van der Waals surface area contributed by atoms with E-state index in [4.69, 9.17) is 16.3 Å². The third-order valence-corrected chi connectivity index (χ3v) is 3.90. The molecule has 0 bridgehead atoms. The molecule has 0 spiro atoms. The first-order valence-corrected chi connectivity index (χ1v) is 6.86. The zero-order valence-electron chi connectivity index (χ0n) is 10.6. The predicted octanol–water partition coefficient (Wildman–Crippen LogP) is 1.18. The van der Waals surface area contributed by atoms with Crippen molar-refractivity contribution < 1.29 is 9.13 Å². The van der Waals surface area contributed by atoms with E-state index >= 15 is 0 Å². The van der Waals surface area contributed by atoms with E-state index in [1.807, 2.05) is 4.90 Å². The topological polar surface area (TPSA) is 41.5 Å². The molecule has 2 fully saturated rings. The Kier molecular flexibility index (Phi) is 3.81. The monoisotopic (exact) mass is 286 g/mol. The summed E-state index contributed by atoms with van der Waals surface area (Å²) in [6, 6.07) is 0.442. The number of halogens is 2. The molecule has 1 aromatic heterocycles. The standard InChI is InChI=1S/C12H16ClFN4O/c13-12-15-7-10(14)11(16-12)18-2-1-9(8-18)17-3-5-19-6-4-17/h7,9H,1-6,8H2. The van der Waals surface area contributed by atoms with Gasteiger partial charge in [0.25, 0.3) is 0 Å². The molecule has 2 aliphatic heterocycles. The maximum atomic E-state index is 13.7. The molecule has 0 N–H and O–H groups in total. The number of morpholine rings is 1. The van der Waals surface area contributed by atoms with Crippen molar-refractivity contribution in [3.05, 3.63) is 17.3 Å². The Hall–Kier alpha value is -0.980. The van der Waals surface area contributed by atoms with Crippen LogP contribution in [-0.2, 0) is 4.74 Å². The van der Waals surface area contributed by atoms with Gasteiger partial charge in [0.05, 0.1) is 19.4 Å². The van der Waals surface area contributed by atoms with Gasteiger partial charge < -0.3 is 9.64 Å². The van der Waals surface area contributed by atoms with Crippen LogP contribution in [0.1, 0.15) is 6.42 Å². The van der Waals surface area contributed by atoms with Crippen molar-refractivity contribution >= 4 is 17.4 Å². The van der Waals surface area contributed by atoms with Crippen molar-refractivity contribution in [1.82, 2.24) is 14.9 Å². The molecule has 3 rings (SSSR count). The molecular formula is C12H16ClFN4O. The second-order valence-electron chi connectivity index (χ2n) is 4.85. The minimum Gasteiger partial charge on any atom is -0.379 e. The molecule has 5 nitrogen and oxygen atoms in total. The zero-order chi connectivity index (χ0) is 13.2. The molecule has 0 saturated carbocycles. The van der Waals surface area contributed by atoms with Crippen LogP contribution in [0.15, 0.2) is 6.20 Å². The van der Waals surface area contributed by atoms with Crippen LogP contribution in [0.3, 0.4) is 0 Å². The van der Waals surface area contributed by atoms with Gasteiger partial charge in [-0.25, -0.2) is 9.37 Å². The summed E-state index contributed by atoms with van der Waals surface area (Å²) in [6.45, 7) is 5.04. The average Bonchev–Trinajstić information content (AvgIpc) is 2.92. The third-order valence-electron chi connectivity index (χ3n) is 3.72. The van der Waals surface area contributed by atoms with Crippen LogP contribution >= 0.6 is 11.6 Å². The number of hydrogen-bond acceptors (Lipinski definition) is 5. The SMILES string of the molecule is Fc1cnc(Cl)nc1N1CCC(N2CCOCC2)C1. The van der Waals surface area contributed by atoms with Crippen molar-refractivity contribution in [3.63, 3.8) is 0 Å². The molecular weight excluding hydrogens is 271 g/mol. The first-order chi connectivity index (χ1) is 9.24. The lowest BCUT2D eigenvalue weighted by atomic mass is 10.2. The van der Waals surface area contributed by atoms with Gasteiger partial charge in [-0.3, -0.25) is 4.90 Å². The van der Waals surface area contributed by atoms with Crippen LogP contribution in [0.25, 0.3) is 0 Å². The van der Waals surface area contributed by atoms with E-state index < -0.39 is 5.82 Å². The highest BCUT2D eigenvalue weighted by atomic mass is 35.5. The van der Waals surface area contributed by atoms with Gasteiger partial charge in [-0.15, -0.1) is 0 Å². The predicted molar refractivity (Wildman–Crippen MR) is 70.0 cm³/mol. The van der Waals surface area contributed by atoms with E-state index in [9.17, 15) is 4.39 Å².